The smallest absolute Gasteiger partial charge is 0.338 e. The van der Waals surface area contributed by atoms with E-state index in [4.69, 9.17) is 4.74 Å². The molecule has 0 atom stereocenters. The summed E-state index contributed by atoms with van der Waals surface area (Å²) >= 11 is 0. The first-order chi connectivity index (χ1) is 15.5. The van der Waals surface area contributed by atoms with Gasteiger partial charge in [-0.1, -0.05) is 24.3 Å². The molecule has 1 amide bonds. The van der Waals surface area contributed by atoms with Crippen molar-refractivity contribution in [3.05, 3.63) is 88.0 Å². The molecule has 0 saturated carbocycles. The highest BCUT2D eigenvalue weighted by Crippen LogP contribution is 2.25. The van der Waals surface area contributed by atoms with Crippen LogP contribution in [0.2, 0.25) is 0 Å². The third-order valence-corrected chi connectivity index (χ3v) is 6.87. The Morgan fingerprint density at radius 3 is 2.24 bits per heavy atom. The second kappa shape index (κ2) is 9.46. The van der Waals surface area contributed by atoms with Gasteiger partial charge in [0.05, 0.1) is 23.3 Å². The van der Waals surface area contributed by atoms with Crippen molar-refractivity contribution < 1.29 is 22.7 Å². The zero-order chi connectivity index (χ0) is 24.3. The molecule has 3 aromatic rings. The SMILES string of the molecule is COC(=O)c1cccc(NC(=O)c2ccc(C)c(S(=O)(=O)Nc3cc(C)ccc3C)c2)c1C. The van der Waals surface area contributed by atoms with E-state index >= 15 is 0 Å². The number of benzene rings is 3. The van der Waals surface area contributed by atoms with Gasteiger partial charge in [0.2, 0.25) is 0 Å². The number of amides is 1. The van der Waals surface area contributed by atoms with Crippen LogP contribution >= 0.6 is 0 Å². The molecule has 0 aromatic heterocycles. The van der Waals surface area contributed by atoms with E-state index in [2.05, 4.69) is 10.0 Å². The Morgan fingerprint density at radius 2 is 1.55 bits per heavy atom. The number of carbonyl (C=O) groups excluding carboxylic acids is 2. The van der Waals surface area contributed by atoms with Crippen LogP contribution in [0.25, 0.3) is 0 Å². The van der Waals surface area contributed by atoms with Crippen molar-refractivity contribution in [1.82, 2.24) is 0 Å². The molecule has 3 aromatic carbocycles. The lowest BCUT2D eigenvalue weighted by Crippen LogP contribution is -2.18. The van der Waals surface area contributed by atoms with Crippen molar-refractivity contribution in [2.75, 3.05) is 17.1 Å². The van der Waals surface area contributed by atoms with Crippen LogP contribution in [-0.4, -0.2) is 27.4 Å². The molecule has 0 aliphatic heterocycles. The molecule has 2 N–H and O–H groups in total. The topological polar surface area (TPSA) is 102 Å². The number of ether oxygens (including phenoxy) is 1. The lowest BCUT2D eigenvalue weighted by molar-refractivity contribution is 0.0599. The molecular weight excluding hydrogens is 440 g/mol. The number of rotatable bonds is 6. The Hall–Kier alpha value is -3.65. The molecule has 0 aliphatic carbocycles. The molecule has 172 valence electrons. The second-order valence-electron chi connectivity index (χ2n) is 7.83. The maximum absolute atomic E-state index is 13.1. The van der Waals surface area contributed by atoms with E-state index in [0.29, 0.717) is 28.1 Å². The van der Waals surface area contributed by atoms with Crippen molar-refractivity contribution in [3.8, 4) is 0 Å². The van der Waals surface area contributed by atoms with Gasteiger partial charge in [-0.05, 0) is 80.3 Å². The van der Waals surface area contributed by atoms with Gasteiger partial charge < -0.3 is 10.1 Å². The highest BCUT2D eigenvalue weighted by molar-refractivity contribution is 7.92. The van der Waals surface area contributed by atoms with Crippen molar-refractivity contribution >= 4 is 33.3 Å². The average Bonchev–Trinajstić information content (AvgIpc) is 2.77. The van der Waals surface area contributed by atoms with Crippen LogP contribution in [0.4, 0.5) is 11.4 Å². The highest BCUT2D eigenvalue weighted by atomic mass is 32.2. The van der Waals surface area contributed by atoms with Gasteiger partial charge in [-0.3, -0.25) is 9.52 Å². The molecule has 0 aliphatic rings. The molecule has 0 radical (unpaired) electrons. The van der Waals surface area contributed by atoms with Crippen LogP contribution in [0.5, 0.6) is 0 Å². The number of methoxy groups -OCH3 is 1. The number of nitrogens with one attached hydrogen (secondary N) is 2. The van der Waals surface area contributed by atoms with Gasteiger partial charge in [-0.25, -0.2) is 13.2 Å². The van der Waals surface area contributed by atoms with Crippen molar-refractivity contribution in [2.24, 2.45) is 0 Å². The molecule has 0 spiro atoms. The van der Waals surface area contributed by atoms with E-state index in [-0.39, 0.29) is 10.5 Å². The fourth-order valence-corrected chi connectivity index (χ4v) is 4.77. The van der Waals surface area contributed by atoms with Gasteiger partial charge in [-0.15, -0.1) is 0 Å². The summed E-state index contributed by atoms with van der Waals surface area (Å²) in [7, 11) is -2.65. The predicted molar refractivity (Wildman–Crippen MR) is 128 cm³/mol. The number of sulfonamides is 1. The summed E-state index contributed by atoms with van der Waals surface area (Å²) in [5, 5.41) is 2.75. The Kier molecular flexibility index (Phi) is 6.88. The van der Waals surface area contributed by atoms with Crippen LogP contribution in [0, 0.1) is 27.7 Å². The van der Waals surface area contributed by atoms with Gasteiger partial charge in [-0.2, -0.15) is 0 Å². The normalized spacial score (nSPS) is 11.1. The minimum Gasteiger partial charge on any atom is -0.465 e. The average molecular weight is 467 g/mol. The Morgan fingerprint density at radius 1 is 0.848 bits per heavy atom. The fraction of sp³-hybridized carbons (Fsp3) is 0.200. The summed E-state index contributed by atoms with van der Waals surface area (Å²) in [4.78, 5) is 24.9. The van der Waals surface area contributed by atoms with E-state index in [1.54, 1.807) is 50.2 Å². The fourth-order valence-electron chi connectivity index (χ4n) is 3.37. The van der Waals surface area contributed by atoms with Gasteiger partial charge in [0, 0.05) is 11.3 Å². The lowest BCUT2D eigenvalue weighted by atomic mass is 10.1. The Bertz CT molecular complexity index is 1350. The van der Waals surface area contributed by atoms with Gasteiger partial charge in [0.1, 0.15) is 0 Å². The van der Waals surface area contributed by atoms with E-state index in [0.717, 1.165) is 11.1 Å². The van der Waals surface area contributed by atoms with Gasteiger partial charge >= 0.3 is 5.97 Å². The monoisotopic (exact) mass is 466 g/mol. The van der Waals surface area contributed by atoms with Crippen LogP contribution in [0.3, 0.4) is 0 Å². The first-order valence-corrected chi connectivity index (χ1v) is 11.7. The van der Waals surface area contributed by atoms with Crippen LogP contribution in [0.15, 0.2) is 59.5 Å². The third-order valence-electron chi connectivity index (χ3n) is 5.36. The first kappa shape index (κ1) is 24.0. The maximum atomic E-state index is 13.1. The molecule has 0 bridgehead atoms. The van der Waals surface area contributed by atoms with Crippen molar-refractivity contribution in [3.63, 3.8) is 0 Å². The molecule has 0 unspecified atom stereocenters. The maximum Gasteiger partial charge on any atom is 0.338 e. The molecule has 0 fully saturated rings. The molecule has 33 heavy (non-hydrogen) atoms. The van der Waals surface area contributed by atoms with Crippen molar-refractivity contribution in [2.45, 2.75) is 32.6 Å². The van der Waals surface area contributed by atoms with E-state index in [1.807, 2.05) is 26.0 Å². The first-order valence-electron chi connectivity index (χ1n) is 10.2. The van der Waals surface area contributed by atoms with Crippen LogP contribution in [0.1, 0.15) is 43.0 Å². The standard InChI is InChI=1S/C25H26N2O5S/c1-15-9-10-16(2)22(13-15)27-33(30,31)23-14-19(12-11-17(23)3)24(28)26-21-8-6-7-20(18(21)4)25(29)32-5/h6-14,27H,1-5H3,(H,26,28). The van der Waals surface area contributed by atoms with E-state index < -0.39 is 21.9 Å². The summed E-state index contributed by atoms with van der Waals surface area (Å²) in [6, 6.07) is 14.9. The molecule has 7 nitrogen and oxygen atoms in total. The third kappa shape index (κ3) is 5.23. The predicted octanol–water partition coefficient (Wildman–Crippen LogP) is 4.76. The number of aryl methyl sites for hydroxylation is 3. The number of anilines is 2. The number of esters is 1. The Labute approximate surface area is 193 Å². The number of hydrogen-bond donors (Lipinski definition) is 2. The zero-order valence-corrected chi connectivity index (χ0v) is 20.0. The van der Waals surface area contributed by atoms with E-state index in [1.165, 1.54) is 13.2 Å². The summed E-state index contributed by atoms with van der Waals surface area (Å²) in [5.41, 5.74) is 4.19. The van der Waals surface area contributed by atoms with Gasteiger partial charge in [0.15, 0.2) is 0 Å². The molecule has 3 rings (SSSR count). The van der Waals surface area contributed by atoms with E-state index in [9.17, 15) is 18.0 Å². The minimum absolute atomic E-state index is 0.0103. The van der Waals surface area contributed by atoms with Crippen molar-refractivity contribution in [1.29, 1.82) is 0 Å². The summed E-state index contributed by atoms with van der Waals surface area (Å²) in [5.74, 6) is -1.01. The Balaban J connectivity index is 1.92. The van der Waals surface area contributed by atoms with Crippen LogP contribution < -0.4 is 10.0 Å². The zero-order valence-electron chi connectivity index (χ0n) is 19.1. The largest absolute Gasteiger partial charge is 0.465 e. The second-order valence-corrected chi connectivity index (χ2v) is 9.48. The van der Waals surface area contributed by atoms with Gasteiger partial charge in [0.25, 0.3) is 15.9 Å². The molecule has 0 heterocycles. The quantitative estimate of drug-likeness (QED) is 0.510. The molecule has 8 heteroatoms. The summed E-state index contributed by atoms with van der Waals surface area (Å²) in [6.07, 6.45) is 0. The number of hydrogen-bond acceptors (Lipinski definition) is 5. The van der Waals surface area contributed by atoms with Crippen LogP contribution in [-0.2, 0) is 14.8 Å². The lowest BCUT2D eigenvalue weighted by Gasteiger charge is -2.15. The summed E-state index contributed by atoms with van der Waals surface area (Å²) in [6.45, 7) is 7.06. The molecular formula is C25H26N2O5S. The highest BCUT2D eigenvalue weighted by Gasteiger charge is 2.21. The molecule has 0 saturated heterocycles. The minimum atomic E-state index is -3.93. The summed E-state index contributed by atoms with van der Waals surface area (Å²) < 4.78 is 33.7. The number of carbonyl (C=O) groups is 2.